The molecule has 4 aromatic rings. The monoisotopic (exact) mass is 462 g/mol. The van der Waals surface area contributed by atoms with Gasteiger partial charge in [-0.25, -0.2) is 0 Å². The fraction of sp³-hybridized carbons (Fsp3) is 0.167. The third-order valence-electron chi connectivity index (χ3n) is 8.29. The Morgan fingerprint density at radius 3 is 1.75 bits per heavy atom. The highest BCUT2D eigenvalue weighted by Gasteiger charge is 2.24. The van der Waals surface area contributed by atoms with Crippen molar-refractivity contribution in [3.05, 3.63) is 138 Å². The van der Waals surface area contributed by atoms with Gasteiger partial charge in [-0.1, -0.05) is 115 Å². The highest BCUT2D eigenvalue weighted by atomic mass is 14.3. The Kier molecular flexibility index (Phi) is 5.32. The maximum atomic E-state index is 2.50. The van der Waals surface area contributed by atoms with Crippen molar-refractivity contribution < 1.29 is 0 Å². The quantitative estimate of drug-likeness (QED) is 0.266. The van der Waals surface area contributed by atoms with Crippen LogP contribution in [0.2, 0.25) is 0 Å². The first-order valence-corrected chi connectivity index (χ1v) is 13.3. The van der Waals surface area contributed by atoms with E-state index < -0.39 is 0 Å². The van der Waals surface area contributed by atoms with E-state index in [-0.39, 0.29) is 0 Å². The number of hydrogen-bond donors (Lipinski definition) is 0. The molecule has 0 N–H and O–H groups in total. The molecule has 0 amide bonds. The van der Waals surface area contributed by atoms with Gasteiger partial charge in [0.2, 0.25) is 0 Å². The molecule has 0 saturated carbocycles. The lowest BCUT2D eigenvalue weighted by atomic mass is 9.76. The number of benzene rings is 4. The van der Waals surface area contributed by atoms with Gasteiger partial charge in [-0.15, -0.1) is 0 Å². The largest absolute Gasteiger partial charge is 0.0839 e. The van der Waals surface area contributed by atoms with Crippen molar-refractivity contribution in [3.63, 3.8) is 0 Å². The van der Waals surface area contributed by atoms with E-state index in [0.29, 0.717) is 5.92 Å². The van der Waals surface area contributed by atoms with Crippen LogP contribution < -0.4 is 0 Å². The zero-order valence-electron chi connectivity index (χ0n) is 20.6. The van der Waals surface area contributed by atoms with Crippen LogP contribution in [0.1, 0.15) is 48.8 Å². The van der Waals surface area contributed by atoms with Crippen molar-refractivity contribution in [2.45, 2.75) is 32.1 Å². The van der Waals surface area contributed by atoms with Crippen LogP contribution in [0.4, 0.5) is 0 Å². The summed E-state index contributed by atoms with van der Waals surface area (Å²) in [4.78, 5) is 0. The summed E-state index contributed by atoms with van der Waals surface area (Å²) >= 11 is 0. The second-order valence-corrected chi connectivity index (χ2v) is 10.3. The van der Waals surface area contributed by atoms with Gasteiger partial charge in [0.1, 0.15) is 0 Å². The first kappa shape index (κ1) is 21.4. The summed E-state index contributed by atoms with van der Waals surface area (Å²) in [5.41, 5.74) is 10.1. The molecule has 0 aliphatic heterocycles. The fourth-order valence-electron chi connectivity index (χ4n) is 6.50. The normalized spacial score (nSPS) is 19.4. The molecule has 3 aliphatic carbocycles. The van der Waals surface area contributed by atoms with E-state index in [0.717, 1.165) is 19.3 Å². The van der Waals surface area contributed by atoms with Gasteiger partial charge in [-0.2, -0.15) is 0 Å². The van der Waals surface area contributed by atoms with E-state index in [1.807, 2.05) is 0 Å². The highest BCUT2D eigenvalue weighted by molar-refractivity contribution is 6.16. The number of fused-ring (bicyclic) bond motifs is 3. The molecule has 0 aromatic heterocycles. The van der Waals surface area contributed by atoms with Crippen molar-refractivity contribution in [3.8, 4) is 0 Å². The van der Waals surface area contributed by atoms with Crippen molar-refractivity contribution in [2.75, 3.05) is 0 Å². The molecule has 0 saturated heterocycles. The average Bonchev–Trinajstić information content (AvgIpc) is 2.96. The lowest BCUT2D eigenvalue weighted by molar-refractivity contribution is 0.572. The smallest absolute Gasteiger partial charge is 0.00667 e. The molecule has 0 fully saturated rings. The summed E-state index contributed by atoms with van der Waals surface area (Å²) in [6, 6.07) is 29.0. The van der Waals surface area contributed by atoms with E-state index in [1.165, 1.54) is 73.4 Å². The molecule has 1 unspecified atom stereocenters. The molecular formula is C36H30. The maximum Gasteiger partial charge on any atom is -0.00667 e. The minimum Gasteiger partial charge on any atom is -0.0839 e. The first-order valence-electron chi connectivity index (χ1n) is 13.3. The molecule has 0 nitrogen and oxygen atoms in total. The van der Waals surface area contributed by atoms with E-state index in [2.05, 4.69) is 115 Å². The highest BCUT2D eigenvalue weighted by Crippen LogP contribution is 2.46. The Bertz CT molecular complexity index is 1580. The lowest BCUT2D eigenvalue weighted by Crippen LogP contribution is -2.10. The lowest BCUT2D eigenvalue weighted by Gasteiger charge is -2.28. The van der Waals surface area contributed by atoms with Crippen molar-refractivity contribution in [2.24, 2.45) is 5.92 Å². The number of hydrogen-bond acceptors (Lipinski definition) is 0. The van der Waals surface area contributed by atoms with E-state index >= 15 is 0 Å². The van der Waals surface area contributed by atoms with Crippen LogP contribution in [0.15, 0.2) is 121 Å². The van der Waals surface area contributed by atoms with Crippen LogP contribution in [0.3, 0.4) is 0 Å². The molecule has 0 bridgehead atoms. The van der Waals surface area contributed by atoms with Gasteiger partial charge in [0.25, 0.3) is 0 Å². The molecule has 4 aromatic carbocycles. The van der Waals surface area contributed by atoms with Crippen molar-refractivity contribution >= 4 is 38.3 Å². The van der Waals surface area contributed by atoms with Gasteiger partial charge in [0.15, 0.2) is 0 Å². The van der Waals surface area contributed by atoms with Gasteiger partial charge in [-0.05, 0) is 98.5 Å². The van der Waals surface area contributed by atoms with Crippen LogP contribution >= 0.6 is 0 Å². The van der Waals surface area contributed by atoms with Gasteiger partial charge in [-0.3, -0.25) is 0 Å². The predicted octanol–water partition coefficient (Wildman–Crippen LogP) is 9.93. The standard InChI is InChI=1S/C36H30/c1-2-10-25(11-3-1)27-18-21-28(22-19-27)35-31-14-6-8-16-33(31)36(34-17-9-7-15-32(34)35)30-23-20-26-12-4-5-13-29(26)24-30/h1-11,13-18,21,24,26H,12,19-20,22-23H2. The molecule has 3 aliphatic rings. The molecule has 0 spiro atoms. The average molecular weight is 463 g/mol. The Labute approximate surface area is 213 Å². The Balaban J connectivity index is 1.44. The SMILES string of the molecule is C1=CCC2CCC(c3c4ccccc4c(C4=CC=C(c5ccccc5)CC4)c4ccccc34)=CC2=C1. The van der Waals surface area contributed by atoms with E-state index in [4.69, 9.17) is 0 Å². The fourth-order valence-corrected chi connectivity index (χ4v) is 6.50. The van der Waals surface area contributed by atoms with Crippen LogP contribution in [-0.2, 0) is 0 Å². The summed E-state index contributed by atoms with van der Waals surface area (Å²) in [6.45, 7) is 0. The Hall–Kier alpha value is -3.90. The third-order valence-corrected chi connectivity index (χ3v) is 8.29. The maximum absolute atomic E-state index is 2.50. The van der Waals surface area contributed by atoms with Crippen LogP contribution in [0, 0.1) is 5.92 Å². The zero-order chi connectivity index (χ0) is 23.9. The summed E-state index contributed by atoms with van der Waals surface area (Å²) in [7, 11) is 0. The topological polar surface area (TPSA) is 0 Å². The van der Waals surface area contributed by atoms with Gasteiger partial charge >= 0.3 is 0 Å². The number of allylic oxidation sites excluding steroid dienone is 10. The number of rotatable bonds is 3. The summed E-state index contributed by atoms with van der Waals surface area (Å²) < 4.78 is 0. The van der Waals surface area contributed by atoms with Crippen LogP contribution in [-0.4, -0.2) is 0 Å². The summed E-state index contributed by atoms with van der Waals surface area (Å²) in [6.07, 6.45) is 19.8. The molecule has 0 heteroatoms. The van der Waals surface area contributed by atoms with Gasteiger partial charge in [0, 0.05) is 0 Å². The molecule has 174 valence electrons. The Morgan fingerprint density at radius 1 is 0.528 bits per heavy atom. The van der Waals surface area contributed by atoms with Crippen molar-refractivity contribution in [1.29, 1.82) is 0 Å². The van der Waals surface area contributed by atoms with E-state index in [9.17, 15) is 0 Å². The molecule has 0 radical (unpaired) electrons. The van der Waals surface area contributed by atoms with Crippen LogP contribution in [0.5, 0.6) is 0 Å². The van der Waals surface area contributed by atoms with Gasteiger partial charge < -0.3 is 0 Å². The minimum absolute atomic E-state index is 0.688. The molecule has 36 heavy (non-hydrogen) atoms. The van der Waals surface area contributed by atoms with Crippen molar-refractivity contribution in [1.82, 2.24) is 0 Å². The second kappa shape index (κ2) is 8.95. The second-order valence-electron chi connectivity index (χ2n) is 10.3. The molecule has 1 atom stereocenters. The Morgan fingerprint density at radius 2 is 1.11 bits per heavy atom. The summed E-state index contributed by atoms with van der Waals surface area (Å²) in [5.74, 6) is 0.688. The molecule has 0 heterocycles. The molecule has 7 rings (SSSR count). The third kappa shape index (κ3) is 3.60. The van der Waals surface area contributed by atoms with E-state index in [1.54, 1.807) is 0 Å². The first-order chi connectivity index (χ1) is 17.9. The summed E-state index contributed by atoms with van der Waals surface area (Å²) in [5, 5.41) is 5.55. The zero-order valence-corrected chi connectivity index (χ0v) is 20.6. The van der Waals surface area contributed by atoms with Gasteiger partial charge in [0.05, 0.1) is 0 Å². The minimum atomic E-state index is 0.688. The molecular weight excluding hydrogens is 432 g/mol. The predicted molar refractivity (Wildman–Crippen MR) is 156 cm³/mol. The van der Waals surface area contributed by atoms with Crippen LogP contribution in [0.25, 0.3) is 38.3 Å².